The predicted octanol–water partition coefficient (Wildman–Crippen LogP) is 0.674. The number of nitrogens with one attached hydrogen (secondary N) is 2. The van der Waals surface area contributed by atoms with E-state index in [0.717, 1.165) is 50.0 Å². The van der Waals surface area contributed by atoms with Crippen molar-refractivity contribution in [3.63, 3.8) is 0 Å². The van der Waals surface area contributed by atoms with Gasteiger partial charge in [-0.05, 0) is 37.9 Å². The maximum absolute atomic E-state index is 13.0. The SMILES string of the molecule is NCCCCCCCCNC(=O)COc1cccc2c1C(=O)N(C1CCC(=O)NC1O)C2=O. The van der Waals surface area contributed by atoms with Crippen LogP contribution in [0.25, 0.3) is 0 Å². The zero-order valence-electron chi connectivity index (χ0n) is 18.7. The first-order chi connectivity index (χ1) is 15.9. The minimum absolute atomic E-state index is 0.0666. The first-order valence-corrected chi connectivity index (χ1v) is 11.5. The van der Waals surface area contributed by atoms with Crippen LogP contribution in [0.4, 0.5) is 0 Å². The van der Waals surface area contributed by atoms with Crippen molar-refractivity contribution in [2.75, 3.05) is 19.7 Å². The van der Waals surface area contributed by atoms with E-state index in [9.17, 15) is 24.3 Å². The van der Waals surface area contributed by atoms with Crippen LogP contribution in [-0.4, -0.2) is 65.6 Å². The quantitative estimate of drug-likeness (QED) is 0.264. The van der Waals surface area contributed by atoms with Crippen LogP contribution in [0.15, 0.2) is 18.2 Å². The van der Waals surface area contributed by atoms with Crippen molar-refractivity contribution in [1.29, 1.82) is 0 Å². The molecule has 4 amide bonds. The third-order valence-electron chi connectivity index (χ3n) is 5.89. The highest BCUT2D eigenvalue weighted by atomic mass is 16.5. The number of amides is 4. The molecule has 10 heteroatoms. The zero-order chi connectivity index (χ0) is 23.8. The van der Waals surface area contributed by atoms with Crippen molar-refractivity contribution >= 4 is 23.6 Å². The van der Waals surface area contributed by atoms with E-state index < -0.39 is 24.1 Å². The minimum atomic E-state index is -1.33. The second-order valence-corrected chi connectivity index (χ2v) is 8.33. The number of imide groups is 1. The fourth-order valence-electron chi connectivity index (χ4n) is 4.13. The molecule has 1 fully saturated rings. The molecular formula is C23H32N4O6. The number of hydrogen-bond donors (Lipinski definition) is 4. The molecular weight excluding hydrogens is 428 g/mol. The largest absolute Gasteiger partial charge is 0.483 e. The molecule has 0 radical (unpaired) electrons. The third kappa shape index (κ3) is 6.08. The summed E-state index contributed by atoms with van der Waals surface area (Å²) < 4.78 is 5.58. The van der Waals surface area contributed by atoms with Gasteiger partial charge >= 0.3 is 0 Å². The normalized spacial score (nSPS) is 19.9. The molecule has 2 atom stereocenters. The average molecular weight is 461 g/mol. The van der Waals surface area contributed by atoms with Gasteiger partial charge in [-0.25, -0.2) is 0 Å². The second-order valence-electron chi connectivity index (χ2n) is 8.33. The standard InChI is InChI=1S/C23H32N4O6/c24-12-5-3-1-2-4-6-13-25-19(29)14-33-17-9-7-8-15-20(17)23(32)27(22(15)31)16-10-11-18(28)26-21(16)30/h7-9,16,21,30H,1-6,10-14,24H2,(H,25,29)(H,26,28). The number of piperidine rings is 1. The molecule has 0 aliphatic carbocycles. The number of unbranched alkanes of at least 4 members (excludes halogenated alkanes) is 5. The molecule has 0 spiro atoms. The van der Waals surface area contributed by atoms with Crippen LogP contribution in [0.3, 0.4) is 0 Å². The maximum atomic E-state index is 13.0. The highest BCUT2D eigenvalue weighted by Crippen LogP contribution is 2.34. The summed E-state index contributed by atoms with van der Waals surface area (Å²) in [6.07, 6.45) is 5.26. The molecule has 1 aromatic carbocycles. The van der Waals surface area contributed by atoms with Gasteiger partial charge in [0.2, 0.25) is 5.91 Å². The summed E-state index contributed by atoms with van der Waals surface area (Å²) >= 11 is 0. The van der Waals surface area contributed by atoms with Gasteiger partial charge in [0.1, 0.15) is 12.0 Å². The van der Waals surface area contributed by atoms with E-state index in [-0.39, 0.29) is 48.1 Å². The van der Waals surface area contributed by atoms with E-state index in [0.29, 0.717) is 6.54 Å². The molecule has 0 aromatic heterocycles. The van der Waals surface area contributed by atoms with Gasteiger partial charge in [0, 0.05) is 13.0 Å². The molecule has 33 heavy (non-hydrogen) atoms. The summed E-state index contributed by atoms with van der Waals surface area (Å²) in [4.78, 5) is 50.4. The second kappa shape index (κ2) is 11.8. The van der Waals surface area contributed by atoms with Gasteiger partial charge in [0.25, 0.3) is 17.7 Å². The monoisotopic (exact) mass is 460 g/mol. The lowest BCUT2D eigenvalue weighted by Crippen LogP contribution is -2.57. The molecule has 0 saturated carbocycles. The van der Waals surface area contributed by atoms with Gasteiger partial charge in [0.05, 0.1) is 17.2 Å². The molecule has 5 N–H and O–H groups in total. The van der Waals surface area contributed by atoms with Gasteiger partial charge in [-0.3, -0.25) is 24.1 Å². The van der Waals surface area contributed by atoms with Crippen LogP contribution in [0.2, 0.25) is 0 Å². The Bertz CT molecular complexity index is 890. The lowest BCUT2D eigenvalue weighted by molar-refractivity contribution is -0.129. The van der Waals surface area contributed by atoms with Crippen LogP contribution in [-0.2, 0) is 9.59 Å². The van der Waals surface area contributed by atoms with Crippen LogP contribution >= 0.6 is 0 Å². The van der Waals surface area contributed by atoms with Gasteiger partial charge in [-0.1, -0.05) is 31.7 Å². The molecule has 10 nitrogen and oxygen atoms in total. The Hall–Kier alpha value is -2.98. The highest BCUT2D eigenvalue weighted by Gasteiger charge is 2.45. The van der Waals surface area contributed by atoms with Crippen molar-refractivity contribution in [3.8, 4) is 5.75 Å². The maximum Gasteiger partial charge on any atom is 0.265 e. The average Bonchev–Trinajstić information content (AvgIpc) is 3.05. The summed E-state index contributed by atoms with van der Waals surface area (Å²) in [7, 11) is 0. The van der Waals surface area contributed by atoms with E-state index in [1.807, 2.05) is 0 Å². The molecule has 2 aliphatic rings. The Balaban J connectivity index is 1.51. The summed E-state index contributed by atoms with van der Waals surface area (Å²) in [6, 6.07) is 3.75. The smallest absolute Gasteiger partial charge is 0.265 e. The number of nitrogens with zero attached hydrogens (tertiary/aromatic N) is 1. The number of nitrogens with two attached hydrogens (primary N) is 1. The first-order valence-electron chi connectivity index (χ1n) is 11.5. The molecule has 1 aromatic rings. The number of carbonyl (C=O) groups excluding carboxylic acids is 4. The van der Waals surface area contributed by atoms with Gasteiger partial charge < -0.3 is 26.2 Å². The van der Waals surface area contributed by atoms with Crippen molar-refractivity contribution in [2.24, 2.45) is 5.73 Å². The van der Waals surface area contributed by atoms with Crippen LogP contribution in [0.5, 0.6) is 5.75 Å². The number of ether oxygens (including phenoxy) is 1. The number of benzene rings is 1. The first kappa shape index (κ1) is 24.7. The lowest BCUT2D eigenvalue weighted by Gasteiger charge is -2.33. The van der Waals surface area contributed by atoms with Crippen molar-refractivity contribution < 1.29 is 29.0 Å². The summed E-state index contributed by atoms with van der Waals surface area (Å²) in [5.74, 6) is -1.68. The van der Waals surface area contributed by atoms with Crippen LogP contribution < -0.4 is 21.1 Å². The zero-order valence-corrected chi connectivity index (χ0v) is 18.7. The van der Waals surface area contributed by atoms with Gasteiger partial charge in [-0.15, -0.1) is 0 Å². The Kier molecular flexibility index (Phi) is 8.79. The highest BCUT2D eigenvalue weighted by molar-refractivity contribution is 6.23. The number of aliphatic hydroxyl groups is 1. The number of aliphatic hydroxyl groups excluding tert-OH is 1. The minimum Gasteiger partial charge on any atom is -0.483 e. The van der Waals surface area contributed by atoms with Crippen LogP contribution in [0, 0.1) is 0 Å². The Labute approximate surface area is 192 Å². The Morgan fingerprint density at radius 3 is 2.58 bits per heavy atom. The van der Waals surface area contributed by atoms with Crippen molar-refractivity contribution in [2.45, 2.75) is 63.6 Å². The molecule has 0 bridgehead atoms. The van der Waals surface area contributed by atoms with E-state index in [2.05, 4.69) is 10.6 Å². The third-order valence-corrected chi connectivity index (χ3v) is 5.89. The number of carbonyl (C=O) groups is 4. The van der Waals surface area contributed by atoms with E-state index in [1.54, 1.807) is 6.07 Å². The van der Waals surface area contributed by atoms with Crippen molar-refractivity contribution in [3.05, 3.63) is 29.3 Å². The van der Waals surface area contributed by atoms with Crippen molar-refractivity contribution in [1.82, 2.24) is 15.5 Å². The van der Waals surface area contributed by atoms with E-state index in [1.165, 1.54) is 12.1 Å². The molecule has 180 valence electrons. The number of fused-ring (bicyclic) bond motifs is 1. The van der Waals surface area contributed by atoms with E-state index in [4.69, 9.17) is 10.5 Å². The fraction of sp³-hybridized carbons (Fsp3) is 0.565. The Morgan fingerprint density at radius 2 is 1.85 bits per heavy atom. The topological polar surface area (TPSA) is 151 Å². The molecule has 2 unspecified atom stereocenters. The summed E-state index contributed by atoms with van der Waals surface area (Å²) in [5.41, 5.74) is 5.69. The van der Waals surface area contributed by atoms with Crippen LogP contribution in [0.1, 0.15) is 72.1 Å². The molecule has 1 saturated heterocycles. The molecule has 2 aliphatic heterocycles. The summed E-state index contributed by atoms with van der Waals surface area (Å²) in [6.45, 7) is 0.984. The fourth-order valence-corrected chi connectivity index (χ4v) is 4.13. The predicted molar refractivity (Wildman–Crippen MR) is 119 cm³/mol. The molecule has 3 rings (SSSR count). The van der Waals surface area contributed by atoms with Gasteiger partial charge in [0.15, 0.2) is 6.61 Å². The summed E-state index contributed by atoms with van der Waals surface area (Å²) in [5, 5.41) is 15.3. The van der Waals surface area contributed by atoms with E-state index >= 15 is 0 Å². The lowest BCUT2D eigenvalue weighted by atomic mass is 10.0. The number of rotatable bonds is 12. The van der Waals surface area contributed by atoms with Gasteiger partial charge in [-0.2, -0.15) is 0 Å². The Morgan fingerprint density at radius 1 is 1.12 bits per heavy atom. The molecule has 2 heterocycles. The number of hydrogen-bond acceptors (Lipinski definition) is 7.